The number of aromatic nitrogens is 1. The van der Waals surface area contributed by atoms with Gasteiger partial charge in [-0.3, -0.25) is 4.98 Å². The normalized spacial score (nSPS) is 10.7. The Morgan fingerprint density at radius 3 is 2.10 bits per heavy atom. The highest BCUT2D eigenvalue weighted by atomic mass is 79.9. The molecule has 0 saturated carbocycles. The lowest BCUT2D eigenvalue weighted by molar-refractivity contribution is 1.36. The fraction of sp³-hybridized carbons (Fsp3) is 0. The van der Waals surface area contributed by atoms with E-state index in [9.17, 15) is 0 Å². The summed E-state index contributed by atoms with van der Waals surface area (Å²) >= 11 is 3.48. The Morgan fingerprint density at radius 2 is 1.31 bits per heavy atom. The molecule has 0 aliphatic carbocycles. The Hall–Kier alpha value is -3.41. The van der Waals surface area contributed by atoms with Gasteiger partial charge in [0, 0.05) is 32.7 Å². The first-order valence-corrected chi connectivity index (χ1v) is 10.2. The van der Waals surface area contributed by atoms with Crippen LogP contribution in [-0.4, -0.2) is 4.98 Å². The number of nitrogens with zero attached hydrogens (tertiary/aromatic N) is 1. The van der Waals surface area contributed by atoms with E-state index in [-0.39, 0.29) is 0 Å². The Morgan fingerprint density at radius 1 is 0.621 bits per heavy atom. The smallest absolute Gasteiger partial charge is 0.0799 e. The first-order valence-electron chi connectivity index (χ1n) is 9.43. The molecule has 0 aliphatic rings. The van der Waals surface area contributed by atoms with E-state index in [4.69, 9.17) is 4.98 Å². The molecule has 1 heterocycles. The molecular weight excluding hydrogens is 418 g/mol. The largest absolute Gasteiger partial charge is 0.256 e. The van der Waals surface area contributed by atoms with Crippen LogP contribution < -0.4 is 0 Å². The number of hydrogen-bond donors (Lipinski definition) is 0. The van der Waals surface area contributed by atoms with Crippen molar-refractivity contribution in [3.05, 3.63) is 113 Å². The number of pyridine rings is 1. The molecule has 0 atom stereocenters. The summed E-state index contributed by atoms with van der Waals surface area (Å²) in [5.41, 5.74) is 4.03. The van der Waals surface area contributed by atoms with E-state index in [2.05, 4.69) is 94.5 Å². The van der Waals surface area contributed by atoms with E-state index in [1.165, 1.54) is 16.2 Å². The molecule has 0 fully saturated rings. The Balaban J connectivity index is 1.79. The second-order valence-corrected chi connectivity index (χ2v) is 7.76. The molecule has 1 aromatic heterocycles. The molecule has 0 bridgehead atoms. The van der Waals surface area contributed by atoms with Gasteiger partial charge in [0.1, 0.15) is 0 Å². The lowest BCUT2D eigenvalue weighted by Crippen LogP contribution is -1.92. The van der Waals surface area contributed by atoms with Crippen LogP contribution in [0.3, 0.4) is 0 Å². The number of fused-ring (bicyclic) bond motifs is 2. The Bertz CT molecular complexity index is 1400. The van der Waals surface area contributed by atoms with E-state index < -0.39 is 0 Å². The van der Waals surface area contributed by atoms with Gasteiger partial charge < -0.3 is 0 Å². The second-order valence-electron chi connectivity index (χ2n) is 6.85. The minimum absolute atomic E-state index is 0.972. The highest BCUT2D eigenvalue weighted by molar-refractivity contribution is 9.10. The number of rotatable bonds is 1. The molecule has 5 rings (SSSR count). The van der Waals surface area contributed by atoms with Gasteiger partial charge in [0.15, 0.2) is 0 Å². The van der Waals surface area contributed by atoms with Gasteiger partial charge in [-0.2, -0.15) is 0 Å². The molecule has 0 saturated heterocycles. The maximum absolute atomic E-state index is 4.78. The lowest BCUT2D eigenvalue weighted by Gasteiger charge is -2.12. The fourth-order valence-corrected chi connectivity index (χ4v) is 3.89. The van der Waals surface area contributed by atoms with Crippen molar-refractivity contribution in [1.82, 2.24) is 4.98 Å². The van der Waals surface area contributed by atoms with Gasteiger partial charge in [-0.15, -0.1) is 0 Å². The van der Waals surface area contributed by atoms with Crippen LogP contribution in [0.2, 0.25) is 0 Å². The molecule has 4 aromatic carbocycles. The van der Waals surface area contributed by atoms with E-state index in [0.29, 0.717) is 0 Å². The average Bonchev–Trinajstić information content (AvgIpc) is 2.78. The first kappa shape index (κ1) is 17.7. The van der Waals surface area contributed by atoms with Gasteiger partial charge in [0.2, 0.25) is 0 Å². The van der Waals surface area contributed by atoms with Gasteiger partial charge >= 0.3 is 0 Å². The zero-order valence-electron chi connectivity index (χ0n) is 15.6. The molecule has 0 radical (unpaired) electrons. The molecule has 2 heteroatoms. The van der Waals surface area contributed by atoms with E-state index in [1.54, 1.807) is 0 Å². The maximum Gasteiger partial charge on any atom is 0.0799 e. The topological polar surface area (TPSA) is 12.9 Å². The first-order chi connectivity index (χ1) is 14.3. The SMILES string of the molecule is Brc1ccc(C#Cc2ccc3ccccc3c2-c2nccc3ccccc23)cc1. The minimum Gasteiger partial charge on any atom is -0.256 e. The van der Waals surface area contributed by atoms with E-state index in [0.717, 1.165) is 32.2 Å². The molecule has 0 amide bonds. The highest BCUT2D eigenvalue weighted by Crippen LogP contribution is 2.34. The zero-order valence-corrected chi connectivity index (χ0v) is 17.1. The standard InChI is InChI=1S/C27H16BrN/c28-23-15-10-19(11-16-23)9-12-22-14-13-20-5-1-3-7-24(20)26(22)27-25-8-4-2-6-21(25)17-18-29-27/h1-8,10-11,13-18H. The van der Waals surface area contributed by atoms with E-state index in [1.807, 2.05) is 30.5 Å². The fourth-order valence-electron chi connectivity index (χ4n) is 3.62. The Labute approximate surface area is 178 Å². The molecule has 1 nitrogen and oxygen atoms in total. The summed E-state index contributed by atoms with van der Waals surface area (Å²) in [5.74, 6) is 6.71. The van der Waals surface area contributed by atoms with Crippen LogP contribution in [-0.2, 0) is 0 Å². The van der Waals surface area contributed by atoms with Crippen molar-refractivity contribution in [2.45, 2.75) is 0 Å². The number of halogens is 1. The van der Waals surface area contributed by atoms with Crippen LogP contribution in [0.1, 0.15) is 11.1 Å². The number of benzene rings is 4. The van der Waals surface area contributed by atoms with Gasteiger partial charge in [-0.1, -0.05) is 82.4 Å². The third-order valence-corrected chi connectivity index (χ3v) is 5.55. The molecule has 0 aliphatic heterocycles. The molecule has 5 aromatic rings. The van der Waals surface area contributed by atoms with Crippen LogP contribution in [0.15, 0.2) is 102 Å². The predicted octanol–water partition coefficient (Wildman–Crippen LogP) is 7.22. The average molecular weight is 434 g/mol. The minimum atomic E-state index is 0.972. The summed E-state index contributed by atoms with van der Waals surface area (Å²) < 4.78 is 1.05. The monoisotopic (exact) mass is 433 g/mol. The second kappa shape index (κ2) is 7.54. The Kier molecular flexibility index (Phi) is 4.60. The maximum atomic E-state index is 4.78. The van der Waals surface area contributed by atoms with Gasteiger partial charge in [0.05, 0.1) is 5.69 Å². The summed E-state index contributed by atoms with van der Waals surface area (Å²) in [7, 11) is 0. The van der Waals surface area contributed by atoms with Crippen LogP contribution in [0.5, 0.6) is 0 Å². The van der Waals surface area contributed by atoms with Crippen molar-refractivity contribution in [1.29, 1.82) is 0 Å². The van der Waals surface area contributed by atoms with Crippen molar-refractivity contribution >= 4 is 37.5 Å². The summed E-state index contributed by atoms with van der Waals surface area (Å²) in [6.07, 6.45) is 1.88. The third-order valence-electron chi connectivity index (χ3n) is 5.03. The lowest BCUT2D eigenvalue weighted by atomic mass is 9.93. The van der Waals surface area contributed by atoms with Crippen LogP contribution >= 0.6 is 15.9 Å². The van der Waals surface area contributed by atoms with Crippen molar-refractivity contribution in [2.24, 2.45) is 0 Å². The molecular formula is C27H16BrN. The van der Waals surface area contributed by atoms with Crippen molar-refractivity contribution in [2.75, 3.05) is 0 Å². The van der Waals surface area contributed by atoms with Gasteiger partial charge in [-0.25, -0.2) is 0 Å². The summed E-state index contributed by atoms with van der Waals surface area (Å²) in [4.78, 5) is 4.78. The summed E-state index contributed by atoms with van der Waals surface area (Å²) in [5, 5.41) is 4.67. The summed E-state index contributed by atoms with van der Waals surface area (Å²) in [6, 6.07) is 31.2. The number of hydrogen-bond acceptors (Lipinski definition) is 1. The highest BCUT2D eigenvalue weighted by Gasteiger charge is 2.13. The van der Waals surface area contributed by atoms with Crippen LogP contribution in [0.25, 0.3) is 32.8 Å². The molecule has 0 unspecified atom stereocenters. The molecule has 29 heavy (non-hydrogen) atoms. The van der Waals surface area contributed by atoms with Gasteiger partial charge in [0.25, 0.3) is 0 Å². The van der Waals surface area contributed by atoms with E-state index >= 15 is 0 Å². The predicted molar refractivity (Wildman–Crippen MR) is 125 cm³/mol. The molecule has 136 valence electrons. The third kappa shape index (κ3) is 3.42. The van der Waals surface area contributed by atoms with Crippen molar-refractivity contribution in [3.8, 4) is 23.1 Å². The van der Waals surface area contributed by atoms with Crippen LogP contribution in [0.4, 0.5) is 0 Å². The zero-order chi connectivity index (χ0) is 19.6. The van der Waals surface area contributed by atoms with Crippen molar-refractivity contribution < 1.29 is 0 Å². The molecule has 0 N–H and O–H groups in total. The summed E-state index contributed by atoms with van der Waals surface area (Å²) in [6.45, 7) is 0. The molecule has 0 spiro atoms. The quantitative estimate of drug-likeness (QED) is 0.254. The van der Waals surface area contributed by atoms with Crippen LogP contribution in [0, 0.1) is 11.8 Å². The van der Waals surface area contributed by atoms with Crippen molar-refractivity contribution in [3.63, 3.8) is 0 Å². The van der Waals surface area contributed by atoms with Gasteiger partial charge in [-0.05, 0) is 52.6 Å².